The first-order chi connectivity index (χ1) is 10.6. The van der Waals surface area contributed by atoms with E-state index in [2.05, 4.69) is 55.5 Å². The molecule has 1 N–H and O–H groups in total. The van der Waals surface area contributed by atoms with E-state index in [-0.39, 0.29) is 6.03 Å². The van der Waals surface area contributed by atoms with Crippen molar-refractivity contribution >= 4 is 17.8 Å². The molecule has 1 aromatic carbocycles. The van der Waals surface area contributed by atoms with Gasteiger partial charge in [0.25, 0.3) is 0 Å². The van der Waals surface area contributed by atoms with Crippen LogP contribution in [0.25, 0.3) is 0 Å². The average molecular weight is 321 g/mol. The molecule has 0 aliphatic carbocycles. The lowest BCUT2D eigenvalue weighted by Crippen LogP contribution is -2.45. The predicted octanol–water partition coefficient (Wildman–Crippen LogP) is 2.79. The Balaban J connectivity index is 1.85. The first-order valence-electron chi connectivity index (χ1n) is 7.91. The SMILES string of the molecule is CC1CCSCCN1C(=O)NCc1ccc(CN(C)C)cc1. The molecule has 1 aliphatic rings. The zero-order valence-electron chi connectivity index (χ0n) is 13.8. The molecular weight excluding hydrogens is 294 g/mol. The summed E-state index contributed by atoms with van der Waals surface area (Å²) in [6.45, 7) is 4.52. The largest absolute Gasteiger partial charge is 0.334 e. The van der Waals surface area contributed by atoms with Gasteiger partial charge in [0, 0.05) is 31.4 Å². The van der Waals surface area contributed by atoms with Crippen LogP contribution in [0, 0.1) is 0 Å². The van der Waals surface area contributed by atoms with Crippen LogP contribution in [0.3, 0.4) is 0 Å². The maximum absolute atomic E-state index is 12.3. The summed E-state index contributed by atoms with van der Waals surface area (Å²) < 4.78 is 0. The van der Waals surface area contributed by atoms with Crippen molar-refractivity contribution in [1.29, 1.82) is 0 Å². The highest BCUT2D eigenvalue weighted by Crippen LogP contribution is 2.16. The van der Waals surface area contributed by atoms with E-state index in [0.717, 1.165) is 36.6 Å². The summed E-state index contributed by atoms with van der Waals surface area (Å²) in [4.78, 5) is 16.5. The van der Waals surface area contributed by atoms with E-state index in [4.69, 9.17) is 0 Å². The van der Waals surface area contributed by atoms with Gasteiger partial charge in [0.05, 0.1) is 0 Å². The van der Waals surface area contributed by atoms with Crippen molar-refractivity contribution in [3.63, 3.8) is 0 Å². The molecule has 2 amide bonds. The fourth-order valence-corrected chi connectivity index (χ4v) is 3.64. The summed E-state index contributed by atoms with van der Waals surface area (Å²) >= 11 is 1.94. The van der Waals surface area contributed by atoms with Crippen molar-refractivity contribution in [3.05, 3.63) is 35.4 Å². The fraction of sp³-hybridized carbons (Fsp3) is 0.588. The number of amides is 2. The Labute approximate surface area is 138 Å². The molecule has 0 aromatic heterocycles. The number of hydrogen-bond acceptors (Lipinski definition) is 3. The monoisotopic (exact) mass is 321 g/mol. The van der Waals surface area contributed by atoms with E-state index >= 15 is 0 Å². The Morgan fingerprint density at radius 3 is 2.64 bits per heavy atom. The second-order valence-electron chi connectivity index (χ2n) is 6.16. The smallest absolute Gasteiger partial charge is 0.317 e. The average Bonchev–Trinajstić information content (AvgIpc) is 2.70. The number of benzene rings is 1. The fourth-order valence-electron chi connectivity index (χ4n) is 2.60. The van der Waals surface area contributed by atoms with Gasteiger partial charge in [-0.25, -0.2) is 4.79 Å². The molecule has 0 bridgehead atoms. The Kier molecular flexibility index (Phi) is 6.58. The predicted molar refractivity (Wildman–Crippen MR) is 94.2 cm³/mol. The summed E-state index contributed by atoms with van der Waals surface area (Å²) in [5, 5.41) is 3.05. The minimum absolute atomic E-state index is 0.0624. The summed E-state index contributed by atoms with van der Waals surface area (Å²) in [5.41, 5.74) is 2.44. The number of thioether (sulfide) groups is 1. The molecule has 1 saturated heterocycles. The molecule has 122 valence electrons. The lowest BCUT2D eigenvalue weighted by atomic mass is 10.1. The summed E-state index contributed by atoms with van der Waals surface area (Å²) in [5.74, 6) is 2.19. The van der Waals surface area contributed by atoms with E-state index in [1.807, 2.05) is 16.7 Å². The molecule has 1 fully saturated rings. The van der Waals surface area contributed by atoms with Crippen LogP contribution in [-0.2, 0) is 13.1 Å². The van der Waals surface area contributed by atoms with Crippen molar-refractivity contribution in [1.82, 2.24) is 15.1 Å². The van der Waals surface area contributed by atoms with Crippen LogP contribution in [0.5, 0.6) is 0 Å². The number of nitrogens with zero attached hydrogens (tertiary/aromatic N) is 2. The number of rotatable bonds is 4. The highest BCUT2D eigenvalue weighted by atomic mass is 32.2. The van der Waals surface area contributed by atoms with E-state index < -0.39 is 0 Å². The van der Waals surface area contributed by atoms with Crippen LogP contribution >= 0.6 is 11.8 Å². The van der Waals surface area contributed by atoms with E-state index in [1.165, 1.54) is 5.56 Å². The first kappa shape index (κ1) is 17.2. The molecule has 1 aliphatic heterocycles. The molecule has 22 heavy (non-hydrogen) atoms. The van der Waals surface area contributed by atoms with E-state index in [9.17, 15) is 4.79 Å². The minimum Gasteiger partial charge on any atom is -0.334 e. The molecule has 0 saturated carbocycles. The highest BCUT2D eigenvalue weighted by Gasteiger charge is 2.21. The van der Waals surface area contributed by atoms with Gasteiger partial charge < -0.3 is 15.1 Å². The van der Waals surface area contributed by atoms with Gasteiger partial charge in [-0.1, -0.05) is 24.3 Å². The zero-order valence-corrected chi connectivity index (χ0v) is 14.7. The highest BCUT2D eigenvalue weighted by molar-refractivity contribution is 7.99. The third kappa shape index (κ3) is 5.21. The lowest BCUT2D eigenvalue weighted by molar-refractivity contribution is 0.182. The molecule has 0 spiro atoms. The number of carbonyl (C=O) groups is 1. The Hall–Kier alpha value is -1.20. The molecule has 1 aromatic rings. The van der Waals surface area contributed by atoms with Gasteiger partial charge in [-0.2, -0.15) is 11.8 Å². The molecule has 2 rings (SSSR count). The summed E-state index contributed by atoms with van der Waals surface area (Å²) in [6.07, 6.45) is 1.08. The minimum atomic E-state index is 0.0624. The number of hydrogen-bond donors (Lipinski definition) is 1. The maximum atomic E-state index is 12.3. The van der Waals surface area contributed by atoms with Crippen molar-refractivity contribution < 1.29 is 4.79 Å². The quantitative estimate of drug-likeness (QED) is 0.926. The van der Waals surface area contributed by atoms with E-state index in [0.29, 0.717) is 12.6 Å². The molecular formula is C17H27N3OS. The third-order valence-corrected chi connectivity index (χ3v) is 4.91. The van der Waals surface area contributed by atoms with Crippen molar-refractivity contribution in [2.24, 2.45) is 0 Å². The number of nitrogens with one attached hydrogen (secondary N) is 1. The van der Waals surface area contributed by atoms with Crippen LogP contribution in [-0.4, -0.2) is 54.0 Å². The standard InChI is InChI=1S/C17H27N3OS/c1-14-8-10-22-11-9-20(14)17(21)18-12-15-4-6-16(7-5-15)13-19(2)3/h4-7,14H,8-13H2,1-3H3,(H,18,21). The van der Waals surface area contributed by atoms with Gasteiger partial charge >= 0.3 is 6.03 Å². The zero-order chi connectivity index (χ0) is 15.9. The van der Waals surface area contributed by atoms with Crippen LogP contribution < -0.4 is 5.32 Å². The van der Waals surface area contributed by atoms with Crippen LogP contribution in [0.4, 0.5) is 4.79 Å². The van der Waals surface area contributed by atoms with Gasteiger partial charge in [-0.15, -0.1) is 0 Å². The molecule has 4 nitrogen and oxygen atoms in total. The topological polar surface area (TPSA) is 35.6 Å². The molecule has 1 atom stereocenters. The summed E-state index contributed by atoms with van der Waals surface area (Å²) in [7, 11) is 4.13. The summed E-state index contributed by atoms with van der Waals surface area (Å²) in [6, 6.07) is 8.85. The molecule has 1 heterocycles. The second kappa shape index (κ2) is 8.44. The van der Waals surface area contributed by atoms with Crippen LogP contribution in [0.2, 0.25) is 0 Å². The van der Waals surface area contributed by atoms with Crippen molar-refractivity contribution in [2.45, 2.75) is 32.5 Å². The van der Waals surface area contributed by atoms with Gasteiger partial charge in [0.2, 0.25) is 0 Å². The van der Waals surface area contributed by atoms with Gasteiger partial charge in [0.1, 0.15) is 0 Å². The number of urea groups is 1. The van der Waals surface area contributed by atoms with Crippen molar-refractivity contribution in [3.8, 4) is 0 Å². The van der Waals surface area contributed by atoms with Gasteiger partial charge in [-0.3, -0.25) is 0 Å². The van der Waals surface area contributed by atoms with E-state index in [1.54, 1.807) is 0 Å². The lowest BCUT2D eigenvalue weighted by Gasteiger charge is -2.27. The van der Waals surface area contributed by atoms with Crippen LogP contribution in [0.15, 0.2) is 24.3 Å². The first-order valence-corrected chi connectivity index (χ1v) is 9.06. The van der Waals surface area contributed by atoms with Gasteiger partial charge in [0.15, 0.2) is 0 Å². The molecule has 1 unspecified atom stereocenters. The van der Waals surface area contributed by atoms with Gasteiger partial charge in [-0.05, 0) is 44.3 Å². The Morgan fingerprint density at radius 1 is 1.27 bits per heavy atom. The Morgan fingerprint density at radius 2 is 1.95 bits per heavy atom. The normalized spacial score (nSPS) is 19.1. The second-order valence-corrected chi connectivity index (χ2v) is 7.38. The maximum Gasteiger partial charge on any atom is 0.317 e. The molecule has 0 radical (unpaired) electrons. The molecule has 5 heteroatoms. The number of carbonyl (C=O) groups excluding carboxylic acids is 1. The third-order valence-electron chi connectivity index (χ3n) is 3.91. The van der Waals surface area contributed by atoms with Crippen molar-refractivity contribution in [2.75, 3.05) is 32.1 Å². The van der Waals surface area contributed by atoms with Crippen LogP contribution in [0.1, 0.15) is 24.5 Å². The Bertz CT molecular complexity index is 475.